The molecule has 1 aromatic rings. The number of aliphatic carboxylic acids is 1. The largest absolute Gasteiger partial charge is 0.497 e. The van der Waals surface area contributed by atoms with Gasteiger partial charge in [0, 0.05) is 12.5 Å². The van der Waals surface area contributed by atoms with Crippen molar-refractivity contribution in [2.75, 3.05) is 13.7 Å². The Bertz CT molecular complexity index is 528. The molecule has 1 amide bonds. The number of nitrogens with one attached hydrogen (secondary N) is 1. The molecule has 2 rings (SSSR count). The molecule has 1 saturated carbocycles. The second kappa shape index (κ2) is 8.41. The van der Waals surface area contributed by atoms with Gasteiger partial charge in [0.05, 0.1) is 19.6 Å². The van der Waals surface area contributed by atoms with Crippen molar-refractivity contribution < 1.29 is 24.2 Å². The quantitative estimate of drug-likeness (QED) is 0.717. The zero-order valence-electron chi connectivity index (χ0n) is 13.3. The molecule has 0 spiro atoms. The van der Waals surface area contributed by atoms with Crippen molar-refractivity contribution in [3.63, 3.8) is 0 Å². The first kappa shape index (κ1) is 17.1. The molecular weight excluding hydrogens is 298 g/mol. The average Bonchev–Trinajstić information content (AvgIpc) is 3.00. The SMILES string of the molecule is COc1ccc(OCCCC(=O)N[C@@H]2CCC[C@@H]2C(=O)O)cc1. The number of carbonyl (C=O) groups is 2. The maximum Gasteiger partial charge on any atom is 0.308 e. The number of hydrogen-bond donors (Lipinski definition) is 2. The first-order valence-corrected chi connectivity index (χ1v) is 7.89. The molecule has 6 nitrogen and oxygen atoms in total. The first-order chi connectivity index (χ1) is 11.1. The van der Waals surface area contributed by atoms with Crippen LogP contribution >= 0.6 is 0 Å². The zero-order valence-corrected chi connectivity index (χ0v) is 13.3. The van der Waals surface area contributed by atoms with Crippen LogP contribution in [0.5, 0.6) is 11.5 Å². The molecule has 0 bridgehead atoms. The summed E-state index contributed by atoms with van der Waals surface area (Å²) in [6.45, 7) is 0.437. The Hall–Kier alpha value is -2.24. The van der Waals surface area contributed by atoms with E-state index in [1.54, 1.807) is 7.11 Å². The first-order valence-electron chi connectivity index (χ1n) is 7.89. The number of hydrogen-bond acceptors (Lipinski definition) is 4. The molecule has 23 heavy (non-hydrogen) atoms. The number of benzene rings is 1. The van der Waals surface area contributed by atoms with Crippen LogP contribution < -0.4 is 14.8 Å². The average molecular weight is 321 g/mol. The van der Waals surface area contributed by atoms with Crippen LogP contribution in [0.4, 0.5) is 0 Å². The summed E-state index contributed by atoms with van der Waals surface area (Å²) in [6, 6.07) is 7.02. The van der Waals surface area contributed by atoms with Crippen molar-refractivity contribution in [2.45, 2.75) is 38.1 Å². The minimum Gasteiger partial charge on any atom is -0.497 e. The Kier molecular flexibility index (Phi) is 6.26. The van der Waals surface area contributed by atoms with Gasteiger partial charge in [-0.2, -0.15) is 0 Å². The molecule has 0 unspecified atom stereocenters. The Balaban J connectivity index is 1.65. The van der Waals surface area contributed by atoms with Crippen molar-refractivity contribution in [3.05, 3.63) is 24.3 Å². The zero-order chi connectivity index (χ0) is 16.7. The van der Waals surface area contributed by atoms with E-state index in [-0.39, 0.29) is 11.9 Å². The van der Waals surface area contributed by atoms with E-state index in [1.807, 2.05) is 24.3 Å². The minimum atomic E-state index is -0.823. The molecule has 0 saturated heterocycles. The second-order valence-corrected chi connectivity index (χ2v) is 5.68. The molecule has 1 fully saturated rings. The van der Waals surface area contributed by atoms with E-state index < -0.39 is 11.9 Å². The lowest BCUT2D eigenvalue weighted by molar-refractivity contribution is -0.142. The molecule has 2 N–H and O–H groups in total. The van der Waals surface area contributed by atoms with E-state index in [4.69, 9.17) is 14.6 Å². The number of amides is 1. The maximum absolute atomic E-state index is 11.9. The fraction of sp³-hybridized carbons (Fsp3) is 0.529. The lowest BCUT2D eigenvalue weighted by atomic mass is 10.0. The molecular formula is C17H23NO5. The number of carboxylic acids is 1. The van der Waals surface area contributed by atoms with Crippen LogP contribution in [0.15, 0.2) is 24.3 Å². The van der Waals surface area contributed by atoms with Gasteiger partial charge >= 0.3 is 5.97 Å². The highest BCUT2D eigenvalue weighted by atomic mass is 16.5. The summed E-state index contributed by atoms with van der Waals surface area (Å²) in [6.07, 6.45) is 3.15. The van der Waals surface area contributed by atoms with Gasteiger partial charge in [0.25, 0.3) is 0 Å². The van der Waals surface area contributed by atoms with Crippen LogP contribution in [0.3, 0.4) is 0 Å². The van der Waals surface area contributed by atoms with Gasteiger partial charge < -0.3 is 19.9 Å². The van der Waals surface area contributed by atoms with Gasteiger partial charge in [-0.25, -0.2) is 0 Å². The molecule has 6 heteroatoms. The van der Waals surface area contributed by atoms with Crippen LogP contribution in [-0.4, -0.2) is 36.7 Å². The highest BCUT2D eigenvalue weighted by molar-refractivity contribution is 5.78. The standard InChI is InChI=1S/C17H23NO5/c1-22-12-7-9-13(10-8-12)23-11-3-6-16(19)18-15-5-2-4-14(15)17(20)21/h7-10,14-15H,2-6,11H2,1H3,(H,18,19)(H,20,21)/t14-,15+/m0/s1. The van der Waals surface area contributed by atoms with Gasteiger partial charge in [-0.05, 0) is 43.5 Å². The highest BCUT2D eigenvalue weighted by Crippen LogP contribution is 2.25. The van der Waals surface area contributed by atoms with E-state index in [9.17, 15) is 9.59 Å². The fourth-order valence-corrected chi connectivity index (χ4v) is 2.80. The predicted octanol–water partition coefficient (Wildman–Crippen LogP) is 2.22. The lowest BCUT2D eigenvalue weighted by Gasteiger charge is -2.17. The summed E-state index contributed by atoms with van der Waals surface area (Å²) in [4.78, 5) is 23.0. The molecule has 0 heterocycles. The molecule has 0 aromatic heterocycles. The Labute approximate surface area is 135 Å². The van der Waals surface area contributed by atoms with Gasteiger partial charge in [-0.1, -0.05) is 6.42 Å². The van der Waals surface area contributed by atoms with Crippen LogP contribution in [0, 0.1) is 5.92 Å². The maximum atomic E-state index is 11.9. The van der Waals surface area contributed by atoms with Gasteiger partial charge in [0.15, 0.2) is 0 Å². The van der Waals surface area contributed by atoms with Crippen LogP contribution in [0.1, 0.15) is 32.1 Å². The molecule has 2 atom stereocenters. The summed E-state index contributed by atoms with van der Waals surface area (Å²) in [5.74, 6) is 0.112. The van der Waals surface area contributed by atoms with Crippen molar-refractivity contribution in [3.8, 4) is 11.5 Å². The van der Waals surface area contributed by atoms with Gasteiger partial charge in [0.1, 0.15) is 11.5 Å². The van der Waals surface area contributed by atoms with E-state index in [1.165, 1.54) is 0 Å². The van der Waals surface area contributed by atoms with Crippen molar-refractivity contribution in [1.82, 2.24) is 5.32 Å². The molecule has 126 valence electrons. The molecule has 0 radical (unpaired) electrons. The number of carboxylic acid groups (broad SMARTS) is 1. The second-order valence-electron chi connectivity index (χ2n) is 5.68. The van der Waals surface area contributed by atoms with Gasteiger partial charge in [-0.15, -0.1) is 0 Å². The smallest absolute Gasteiger partial charge is 0.308 e. The normalized spacial score (nSPS) is 20.0. The predicted molar refractivity (Wildman–Crippen MR) is 84.6 cm³/mol. The number of rotatable bonds is 8. The van der Waals surface area contributed by atoms with E-state index in [0.717, 1.165) is 24.3 Å². The number of carbonyl (C=O) groups excluding carboxylic acids is 1. The Morgan fingerprint density at radius 2 is 1.91 bits per heavy atom. The van der Waals surface area contributed by atoms with Gasteiger partial charge in [-0.3, -0.25) is 9.59 Å². The molecule has 0 aliphatic heterocycles. The van der Waals surface area contributed by atoms with Crippen LogP contribution in [-0.2, 0) is 9.59 Å². The van der Waals surface area contributed by atoms with E-state index in [0.29, 0.717) is 25.9 Å². The highest BCUT2D eigenvalue weighted by Gasteiger charge is 2.33. The molecule has 1 aliphatic rings. The molecule has 1 aliphatic carbocycles. The summed E-state index contributed by atoms with van der Waals surface area (Å²) < 4.78 is 10.6. The van der Waals surface area contributed by atoms with Crippen LogP contribution in [0.2, 0.25) is 0 Å². The van der Waals surface area contributed by atoms with E-state index >= 15 is 0 Å². The van der Waals surface area contributed by atoms with Gasteiger partial charge in [0.2, 0.25) is 5.91 Å². The van der Waals surface area contributed by atoms with Crippen LogP contribution in [0.25, 0.3) is 0 Å². The monoisotopic (exact) mass is 321 g/mol. The lowest BCUT2D eigenvalue weighted by Crippen LogP contribution is -2.40. The Morgan fingerprint density at radius 3 is 2.57 bits per heavy atom. The van der Waals surface area contributed by atoms with E-state index in [2.05, 4.69) is 5.32 Å². The number of ether oxygens (including phenoxy) is 2. The minimum absolute atomic E-state index is 0.110. The van der Waals surface area contributed by atoms with Crippen molar-refractivity contribution in [2.24, 2.45) is 5.92 Å². The number of methoxy groups -OCH3 is 1. The summed E-state index contributed by atoms with van der Waals surface area (Å²) in [7, 11) is 1.60. The third-order valence-electron chi connectivity index (χ3n) is 4.06. The van der Waals surface area contributed by atoms with Crippen molar-refractivity contribution >= 4 is 11.9 Å². The summed E-state index contributed by atoms with van der Waals surface area (Å²) >= 11 is 0. The Morgan fingerprint density at radius 1 is 1.22 bits per heavy atom. The summed E-state index contributed by atoms with van der Waals surface area (Å²) in [5, 5.41) is 11.9. The summed E-state index contributed by atoms with van der Waals surface area (Å²) in [5.41, 5.74) is 0. The van der Waals surface area contributed by atoms with Crippen molar-refractivity contribution in [1.29, 1.82) is 0 Å². The topological polar surface area (TPSA) is 84.9 Å². The third-order valence-corrected chi connectivity index (χ3v) is 4.06. The molecule has 1 aromatic carbocycles. The third kappa shape index (κ3) is 5.16. The fourth-order valence-electron chi connectivity index (χ4n) is 2.80.